The molecule has 1 aliphatic carbocycles. The number of hydrogen-bond donors (Lipinski definition) is 0. The predicted molar refractivity (Wildman–Crippen MR) is 102 cm³/mol. The van der Waals surface area contributed by atoms with Gasteiger partial charge in [-0.2, -0.15) is 19.3 Å². The molecule has 0 radical (unpaired) electrons. The molecule has 0 N–H and O–H groups in total. The van der Waals surface area contributed by atoms with Gasteiger partial charge in [-0.1, -0.05) is 30.3 Å². The Morgan fingerprint density at radius 3 is 2.46 bits per heavy atom. The summed E-state index contributed by atoms with van der Waals surface area (Å²) in [6, 6.07) is 14.5. The van der Waals surface area contributed by atoms with Gasteiger partial charge in [0.15, 0.2) is 5.78 Å². The first-order valence-corrected chi connectivity index (χ1v) is 8.99. The highest BCUT2D eigenvalue weighted by Gasteiger charge is 2.32. The first-order valence-electron chi connectivity index (χ1n) is 7.47. The van der Waals surface area contributed by atoms with Crippen LogP contribution in [0.5, 0.6) is 0 Å². The summed E-state index contributed by atoms with van der Waals surface area (Å²) in [5.74, 6) is -0.210. The number of fused-ring (bicyclic) bond motifs is 2. The molecule has 1 aromatic heterocycles. The number of nitrogens with zero attached hydrogens (tertiary/aromatic N) is 4. The molecule has 26 heavy (non-hydrogen) atoms. The number of Topliss-reactive ketones (excluding diaryl/α,β-unsaturated/α-hetero) is 1. The Hall–Kier alpha value is -3.13. The van der Waals surface area contributed by atoms with Gasteiger partial charge in [0.25, 0.3) is 0 Å². The third kappa shape index (κ3) is 2.38. The van der Waals surface area contributed by atoms with Crippen LogP contribution < -0.4 is 0 Å². The van der Waals surface area contributed by atoms with Crippen LogP contribution in [-0.2, 0) is 0 Å². The number of benzene rings is 2. The monoisotopic (exact) mass is 418 g/mol. The van der Waals surface area contributed by atoms with Gasteiger partial charge in [0.1, 0.15) is 28.7 Å². The molecular formula is C19H7BrN4OS. The molecule has 122 valence electrons. The van der Waals surface area contributed by atoms with Crippen molar-refractivity contribution in [2.75, 3.05) is 0 Å². The molecule has 0 atom stereocenters. The summed E-state index contributed by atoms with van der Waals surface area (Å²) in [7, 11) is 0. The second-order valence-corrected chi connectivity index (χ2v) is 6.89. The van der Waals surface area contributed by atoms with Crippen LogP contribution in [0, 0.1) is 22.7 Å². The summed E-state index contributed by atoms with van der Waals surface area (Å²) < 4.78 is 9.37. The van der Waals surface area contributed by atoms with Gasteiger partial charge in [0.2, 0.25) is 0 Å². The first-order chi connectivity index (χ1) is 12.7. The Kier molecular flexibility index (Phi) is 3.96. The minimum Gasteiger partial charge on any atom is -0.289 e. The molecule has 4 rings (SSSR count). The average molecular weight is 419 g/mol. The normalized spacial score (nSPS) is 14.3. The largest absolute Gasteiger partial charge is 0.289 e. The highest BCUT2D eigenvalue weighted by molar-refractivity contribution is 9.10. The number of hydrogen-bond acceptors (Lipinski definition) is 6. The molecule has 3 aromatic rings. The number of carbonyl (C=O) groups excluding carboxylic acids is 1. The van der Waals surface area contributed by atoms with Crippen LogP contribution in [0.25, 0.3) is 22.7 Å². The number of rotatable bonds is 1. The number of halogens is 1. The van der Waals surface area contributed by atoms with Gasteiger partial charge >= 0.3 is 0 Å². The van der Waals surface area contributed by atoms with Crippen molar-refractivity contribution >= 4 is 56.1 Å². The number of aromatic nitrogens is 2. The van der Waals surface area contributed by atoms with E-state index in [0.717, 1.165) is 16.2 Å². The van der Waals surface area contributed by atoms with E-state index in [9.17, 15) is 15.3 Å². The summed E-state index contributed by atoms with van der Waals surface area (Å²) in [6.07, 6.45) is 1.68. The quantitative estimate of drug-likeness (QED) is 0.427. The Morgan fingerprint density at radius 1 is 1.04 bits per heavy atom. The van der Waals surface area contributed by atoms with Crippen LogP contribution >= 0.6 is 27.7 Å². The van der Waals surface area contributed by atoms with E-state index in [0.29, 0.717) is 38.9 Å². The van der Waals surface area contributed by atoms with Gasteiger partial charge in [-0.15, -0.1) is 0 Å². The van der Waals surface area contributed by atoms with E-state index in [1.807, 2.05) is 24.3 Å². The molecule has 0 fully saturated rings. The van der Waals surface area contributed by atoms with Crippen molar-refractivity contribution in [1.82, 2.24) is 8.75 Å². The molecule has 2 aromatic carbocycles. The van der Waals surface area contributed by atoms with E-state index < -0.39 is 0 Å². The molecule has 0 amide bonds. The lowest BCUT2D eigenvalue weighted by atomic mass is 9.98. The van der Waals surface area contributed by atoms with Crippen molar-refractivity contribution < 1.29 is 4.79 Å². The van der Waals surface area contributed by atoms with Crippen LogP contribution in [0.3, 0.4) is 0 Å². The van der Waals surface area contributed by atoms with Crippen LogP contribution in [-0.4, -0.2) is 14.5 Å². The minimum absolute atomic E-state index is 0.0840. The molecule has 5 nitrogen and oxygen atoms in total. The molecule has 7 heteroatoms. The highest BCUT2D eigenvalue weighted by atomic mass is 79.9. The maximum Gasteiger partial charge on any atom is 0.194 e. The zero-order valence-corrected chi connectivity index (χ0v) is 15.4. The van der Waals surface area contributed by atoms with Gasteiger partial charge in [0, 0.05) is 26.7 Å². The summed E-state index contributed by atoms with van der Waals surface area (Å²) in [6.45, 7) is 0. The van der Waals surface area contributed by atoms with E-state index in [1.165, 1.54) is 0 Å². The van der Waals surface area contributed by atoms with Crippen LogP contribution in [0.15, 0.2) is 52.0 Å². The van der Waals surface area contributed by atoms with E-state index in [1.54, 1.807) is 30.3 Å². The number of carbonyl (C=O) groups is 1. The van der Waals surface area contributed by atoms with Gasteiger partial charge in [-0.3, -0.25) is 4.79 Å². The molecule has 0 unspecified atom stereocenters. The number of nitriles is 2. The minimum atomic E-state index is -0.210. The van der Waals surface area contributed by atoms with Crippen molar-refractivity contribution in [3.63, 3.8) is 0 Å². The van der Waals surface area contributed by atoms with Crippen LogP contribution in [0.4, 0.5) is 0 Å². The molecule has 0 spiro atoms. The standard InChI is InChI=1S/C19H7BrN4OS/c20-15-6-5-10(17-18(15)24-26-23-17)7-14-16(11(8-21)9-22)12-3-1-2-4-13(12)19(14)25/h1-7H/b14-7-. The topological polar surface area (TPSA) is 90.4 Å². The maximum absolute atomic E-state index is 12.9. The second-order valence-electron chi connectivity index (χ2n) is 5.50. The molecule has 1 aliphatic rings. The van der Waals surface area contributed by atoms with Gasteiger partial charge in [0.05, 0.1) is 11.7 Å². The fourth-order valence-electron chi connectivity index (χ4n) is 2.97. The Labute approximate surface area is 161 Å². The van der Waals surface area contributed by atoms with Gasteiger partial charge in [-0.05, 0) is 33.6 Å². The van der Waals surface area contributed by atoms with E-state index in [2.05, 4.69) is 24.7 Å². The van der Waals surface area contributed by atoms with E-state index in [-0.39, 0.29) is 11.4 Å². The highest BCUT2D eigenvalue weighted by Crippen LogP contribution is 2.40. The van der Waals surface area contributed by atoms with Crippen molar-refractivity contribution in [3.8, 4) is 12.1 Å². The van der Waals surface area contributed by atoms with E-state index >= 15 is 0 Å². The van der Waals surface area contributed by atoms with Crippen LogP contribution in [0.2, 0.25) is 0 Å². The fourth-order valence-corrected chi connectivity index (χ4v) is 4.08. The summed E-state index contributed by atoms with van der Waals surface area (Å²) in [5, 5.41) is 18.7. The number of allylic oxidation sites excluding steroid dienone is 3. The van der Waals surface area contributed by atoms with Crippen molar-refractivity contribution in [3.05, 3.63) is 68.7 Å². The lowest BCUT2D eigenvalue weighted by Crippen LogP contribution is -1.96. The summed E-state index contributed by atoms with van der Waals surface area (Å²) in [5.41, 5.74) is 3.78. The SMILES string of the molecule is N#CC(C#N)=C1/C(=C/c2ccc(Br)c3nsnc23)C(=O)c2ccccc21. The smallest absolute Gasteiger partial charge is 0.194 e. The Bertz CT molecular complexity index is 1220. The second kappa shape index (κ2) is 6.30. The summed E-state index contributed by atoms with van der Waals surface area (Å²) in [4.78, 5) is 12.9. The van der Waals surface area contributed by atoms with Crippen molar-refractivity contribution in [1.29, 1.82) is 10.5 Å². The van der Waals surface area contributed by atoms with Gasteiger partial charge < -0.3 is 0 Å². The predicted octanol–water partition coefficient (Wildman–Crippen LogP) is 4.53. The van der Waals surface area contributed by atoms with E-state index in [4.69, 9.17) is 0 Å². The molecule has 0 aliphatic heterocycles. The molecule has 1 heterocycles. The third-order valence-corrected chi connectivity index (χ3v) is 5.29. The zero-order chi connectivity index (χ0) is 18.3. The Balaban J connectivity index is 2.03. The third-order valence-electron chi connectivity index (χ3n) is 4.13. The first kappa shape index (κ1) is 16.3. The molecule has 0 saturated carbocycles. The molecule has 0 saturated heterocycles. The Morgan fingerprint density at radius 2 is 1.73 bits per heavy atom. The van der Waals surface area contributed by atoms with Crippen LogP contribution in [0.1, 0.15) is 21.5 Å². The average Bonchev–Trinajstić information content (AvgIpc) is 3.25. The fraction of sp³-hybridized carbons (Fsp3) is 0. The van der Waals surface area contributed by atoms with Gasteiger partial charge in [-0.25, -0.2) is 0 Å². The zero-order valence-electron chi connectivity index (χ0n) is 13.0. The summed E-state index contributed by atoms with van der Waals surface area (Å²) >= 11 is 4.52. The van der Waals surface area contributed by atoms with Crippen molar-refractivity contribution in [2.45, 2.75) is 0 Å². The van der Waals surface area contributed by atoms with Crippen molar-refractivity contribution in [2.24, 2.45) is 0 Å². The molecular weight excluding hydrogens is 412 g/mol. The maximum atomic E-state index is 12.9. The number of ketones is 1. The lowest BCUT2D eigenvalue weighted by Gasteiger charge is -2.03. The molecule has 0 bridgehead atoms. The lowest BCUT2D eigenvalue weighted by molar-refractivity contribution is 0.104.